The molecule has 3 aromatic rings. The minimum absolute atomic E-state index is 0.0143. The van der Waals surface area contributed by atoms with Crippen LogP contribution in [0.4, 0.5) is 26.8 Å². The van der Waals surface area contributed by atoms with Crippen LogP contribution >= 0.6 is 0 Å². The van der Waals surface area contributed by atoms with Gasteiger partial charge < -0.3 is 25.2 Å². The summed E-state index contributed by atoms with van der Waals surface area (Å²) in [5.41, 5.74) is 5.14. The zero-order valence-corrected chi connectivity index (χ0v) is 25.5. The molecule has 3 heterocycles. The fraction of sp³-hybridized carbons (Fsp3) is 0.406. The Morgan fingerprint density at radius 3 is 2.30 bits per heavy atom. The van der Waals surface area contributed by atoms with Crippen LogP contribution in [-0.2, 0) is 40.9 Å². The maximum Gasteiger partial charge on any atom is 0.435 e. The van der Waals surface area contributed by atoms with E-state index < -0.39 is 17.4 Å². The van der Waals surface area contributed by atoms with Crippen LogP contribution in [0.5, 0.6) is 0 Å². The van der Waals surface area contributed by atoms with Gasteiger partial charge in [-0.05, 0) is 69.4 Å². The average molecular weight is 587 g/mol. The zero-order valence-electron chi connectivity index (χ0n) is 25.5. The van der Waals surface area contributed by atoms with Crippen LogP contribution in [0.2, 0.25) is 0 Å². The van der Waals surface area contributed by atoms with E-state index >= 15 is 0 Å². The molecule has 4 amide bonds. The van der Waals surface area contributed by atoms with Crippen molar-refractivity contribution in [1.82, 2.24) is 14.7 Å². The molecule has 0 aliphatic carbocycles. The van der Waals surface area contributed by atoms with Gasteiger partial charge in [-0.3, -0.25) is 9.59 Å². The fourth-order valence-corrected chi connectivity index (χ4v) is 5.89. The highest BCUT2D eigenvalue weighted by molar-refractivity contribution is 6.10. The second-order valence-corrected chi connectivity index (χ2v) is 11.2. The molecule has 2 aliphatic heterocycles. The number of rotatable bonds is 7. The predicted molar refractivity (Wildman–Crippen MR) is 164 cm³/mol. The van der Waals surface area contributed by atoms with E-state index in [9.17, 15) is 19.2 Å². The minimum Gasteiger partial charge on any atom is -0.448 e. The van der Waals surface area contributed by atoms with Gasteiger partial charge >= 0.3 is 12.1 Å². The van der Waals surface area contributed by atoms with E-state index in [4.69, 9.17) is 4.74 Å². The number of likely N-dealkylation sites (N-methyl/N-ethyl adjacent to an activating group) is 1. The summed E-state index contributed by atoms with van der Waals surface area (Å²) in [6.07, 6.45) is 0.840. The maximum atomic E-state index is 13.5. The number of urea groups is 1. The number of nitrogens with zero attached hydrogens (tertiary/aromatic N) is 4. The first-order valence-corrected chi connectivity index (χ1v) is 14.8. The quantitative estimate of drug-likeness (QED) is 0.379. The van der Waals surface area contributed by atoms with E-state index in [1.54, 1.807) is 28.9 Å². The number of carbonyl (C=O) groups is 4. The first kappa shape index (κ1) is 29.8. The first-order valence-electron chi connectivity index (χ1n) is 14.8. The topological polar surface area (TPSA) is 126 Å². The monoisotopic (exact) mass is 586 g/mol. The lowest BCUT2D eigenvalue weighted by Crippen LogP contribution is -2.35. The Labute approximate surface area is 251 Å². The summed E-state index contributed by atoms with van der Waals surface area (Å²) >= 11 is 0. The van der Waals surface area contributed by atoms with Gasteiger partial charge in [0.1, 0.15) is 0 Å². The van der Waals surface area contributed by atoms with Gasteiger partial charge in [0, 0.05) is 29.0 Å². The smallest absolute Gasteiger partial charge is 0.435 e. The summed E-state index contributed by atoms with van der Waals surface area (Å²) in [6, 6.07) is 10.9. The summed E-state index contributed by atoms with van der Waals surface area (Å²) in [5.74, 6) is -0.282. The summed E-state index contributed by atoms with van der Waals surface area (Å²) in [4.78, 5) is 56.0. The molecule has 43 heavy (non-hydrogen) atoms. The molecular weight excluding hydrogens is 548 g/mol. The molecule has 1 aromatic heterocycles. The second-order valence-electron chi connectivity index (χ2n) is 11.2. The molecule has 0 saturated heterocycles. The normalized spacial score (nSPS) is 14.9. The molecular formula is C32H38N6O5. The highest BCUT2D eigenvalue weighted by atomic mass is 16.6. The molecule has 0 fully saturated rings. The molecule has 11 nitrogen and oxygen atoms in total. The number of hydrogen-bond donors (Lipinski definition) is 2. The number of aromatic nitrogens is 2. The second kappa shape index (κ2) is 11.5. The van der Waals surface area contributed by atoms with Crippen LogP contribution in [0.3, 0.4) is 0 Å². The van der Waals surface area contributed by atoms with Crippen molar-refractivity contribution in [2.75, 3.05) is 28.7 Å². The van der Waals surface area contributed by atoms with Gasteiger partial charge in [-0.25, -0.2) is 9.59 Å². The lowest BCUT2D eigenvalue weighted by atomic mass is 9.86. The van der Waals surface area contributed by atoms with Crippen LogP contribution in [0, 0.1) is 0 Å². The third-order valence-corrected chi connectivity index (χ3v) is 8.29. The maximum absolute atomic E-state index is 13.5. The van der Waals surface area contributed by atoms with E-state index in [0.29, 0.717) is 29.1 Å². The Morgan fingerprint density at radius 2 is 1.67 bits per heavy atom. The number of hydrogen-bond acceptors (Lipinski definition) is 6. The van der Waals surface area contributed by atoms with Crippen molar-refractivity contribution < 1.29 is 23.9 Å². The van der Waals surface area contributed by atoms with Crippen molar-refractivity contribution in [1.29, 1.82) is 0 Å². The predicted octanol–water partition coefficient (Wildman–Crippen LogP) is 5.46. The van der Waals surface area contributed by atoms with Crippen molar-refractivity contribution in [3.63, 3.8) is 0 Å². The molecule has 11 heteroatoms. The lowest BCUT2D eigenvalue weighted by Gasteiger charge is -2.20. The first-order chi connectivity index (χ1) is 20.5. The molecule has 226 valence electrons. The van der Waals surface area contributed by atoms with Gasteiger partial charge in [0.25, 0.3) is 5.91 Å². The molecule has 0 spiro atoms. The summed E-state index contributed by atoms with van der Waals surface area (Å²) < 4.78 is 6.32. The molecule has 2 N–H and O–H groups in total. The number of carbonyl (C=O) groups excluding carboxylic acids is 4. The third kappa shape index (κ3) is 5.13. The number of nitrogens with one attached hydrogen (secondary N) is 2. The zero-order chi connectivity index (χ0) is 31.1. The van der Waals surface area contributed by atoms with Gasteiger partial charge in [-0.2, -0.15) is 4.68 Å². The summed E-state index contributed by atoms with van der Waals surface area (Å²) in [7, 11) is 0. The molecule has 2 aliphatic rings. The van der Waals surface area contributed by atoms with Crippen LogP contribution in [0.25, 0.3) is 0 Å². The summed E-state index contributed by atoms with van der Waals surface area (Å²) in [6.45, 7) is 12.3. The molecule has 0 bridgehead atoms. The lowest BCUT2D eigenvalue weighted by molar-refractivity contribution is -0.122. The molecule has 2 aromatic carbocycles. The van der Waals surface area contributed by atoms with Gasteiger partial charge in [-0.1, -0.05) is 38.1 Å². The number of para-hydroxylation sites is 1. The van der Waals surface area contributed by atoms with Gasteiger partial charge in [0.15, 0.2) is 5.82 Å². The van der Waals surface area contributed by atoms with Crippen LogP contribution < -0.4 is 15.5 Å². The molecule has 0 unspecified atom stereocenters. The van der Waals surface area contributed by atoms with E-state index in [2.05, 4.69) is 15.7 Å². The van der Waals surface area contributed by atoms with Crippen molar-refractivity contribution in [3.8, 4) is 0 Å². The minimum atomic E-state index is -0.692. The highest BCUT2D eigenvalue weighted by Crippen LogP contribution is 2.42. The third-order valence-electron chi connectivity index (χ3n) is 8.29. The Balaban J connectivity index is 1.42. The van der Waals surface area contributed by atoms with Crippen LogP contribution in [0.15, 0.2) is 36.4 Å². The van der Waals surface area contributed by atoms with Crippen molar-refractivity contribution in [2.24, 2.45) is 0 Å². The van der Waals surface area contributed by atoms with Crippen LogP contribution in [0.1, 0.15) is 79.8 Å². The molecule has 0 radical (unpaired) electrons. The standard InChI is InChI=1S/C32H38N6O5/c1-7-19-12-11-13-20(8-2)26(19)33-30(41)36-17-22-25(18-36)38(31(42)43-10-4)35-27(22)34-28(39)21-14-15-23-24(16-21)37(9-3)29(40)32(23,5)6/h11-16H,7-10,17-18H2,1-6H3,(H,33,41)(H,34,35,39). The van der Waals surface area contributed by atoms with E-state index in [1.165, 1.54) is 0 Å². The SMILES string of the molecule is CCOC(=O)n1nc(NC(=O)c2ccc3c(c2)N(CC)C(=O)C3(C)C)c2c1CN(C(=O)Nc1c(CC)cccc1CC)C2. The Hall–Kier alpha value is -4.67. The van der Waals surface area contributed by atoms with E-state index in [1.807, 2.05) is 58.9 Å². The van der Waals surface area contributed by atoms with Crippen molar-refractivity contribution in [2.45, 2.75) is 72.9 Å². The van der Waals surface area contributed by atoms with Gasteiger partial charge in [0.2, 0.25) is 5.91 Å². The highest BCUT2D eigenvalue weighted by Gasteiger charge is 2.43. The number of ether oxygens (including phenoxy) is 1. The average Bonchev–Trinajstić information content (AvgIpc) is 3.63. The fourth-order valence-electron chi connectivity index (χ4n) is 5.89. The van der Waals surface area contributed by atoms with E-state index in [-0.39, 0.29) is 37.5 Å². The van der Waals surface area contributed by atoms with Crippen LogP contribution in [-0.4, -0.2) is 51.8 Å². The number of anilines is 3. The molecule has 0 saturated carbocycles. The Morgan fingerprint density at radius 1 is 0.977 bits per heavy atom. The largest absolute Gasteiger partial charge is 0.448 e. The number of aryl methyl sites for hydroxylation is 2. The van der Waals surface area contributed by atoms with Gasteiger partial charge in [-0.15, -0.1) is 5.10 Å². The van der Waals surface area contributed by atoms with Crippen molar-refractivity contribution >= 4 is 41.1 Å². The van der Waals surface area contributed by atoms with Gasteiger partial charge in [0.05, 0.1) is 30.8 Å². The van der Waals surface area contributed by atoms with E-state index in [0.717, 1.165) is 39.9 Å². The van der Waals surface area contributed by atoms with Crippen molar-refractivity contribution in [3.05, 3.63) is 69.9 Å². The number of amides is 4. The number of benzene rings is 2. The molecule has 0 atom stereocenters. The summed E-state index contributed by atoms with van der Waals surface area (Å²) in [5, 5.41) is 10.3. The molecule has 5 rings (SSSR count). The Bertz CT molecular complexity index is 1600. The number of fused-ring (bicyclic) bond motifs is 2. The Kier molecular flexibility index (Phi) is 8.00.